The maximum absolute atomic E-state index is 5.98. The number of nitrogens with zero attached hydrogens (tertiary/aromatic N) is 5. The summed E-state index contributed by atoms with van der Waals surface area (Å²) in [4.78, 5) is 19.2. The normalized spacial score (nSPS) is 13.0. The molecule has 4 rings (SSSR count). The first-order valence-electron chi connectivity index (χ1n) is 9.13. The Balaban J connectivity index is 0.00000102. The van der Waals surface area contributed by atoms with E-state index in [9.17, 15) is 0 Å². The highest BCUT2D eigenvalue weighted by atomic mass is 32.2. The molecule has 6 nitrogen and oxygen atoms in total. The third-order valence-electron chi connectivity index (χ3n) is 3.93. The van der Waals surface area contributed by atoms with E-state index in [1.165, 1.54) is 16.8 Å². The minimum atomic E-state index is 0.417. The number of hydrogen-bond donors (Lipinski definition) is 1. The molecule has 0 aliphatic heterocycles. The molecular weight excluding hydrogens is 376 g/mol. The van der Waals surface area contributed by atoms with Gasteiger partial charge >= 0.3 is 0 Å². The predicted octanol–water partition coefficient (Wildman–Crippen LogP) is 4.97. The number of imidazole rings is 1. The topological polar surface area (TPSA) is 82.5 Å². The predicted molar refractivity (Wildman–Crippen MR) is 114 cm³/mol. The van der Waals surface area contributed by atoms with Crippen molar-refractivity contribution >= 4 is 46.2 Å². The highest BCUT2D eigenvalue weighted by Crippen LogP contribution is 2.36. The van der Waals surface area contributed by atoms with Crippen LogP contribution in [0, 0.1) is 0 Å². The van der Waals surface area contributed by atoms with Crippen molar-refractivity contribution in [3.05, 3.63) is 34.6 Å². The number of hydrogen-bond acceptors (Lipinski definition) is 7. The van der Waals surface area contributed by atoms with Crippen LogP contribution < -0.4 is 5.73 Å². The molecule has 8 heteroatoms. The van der Waals surface area contributed by atoms with Gasteiger partial charge in [0.05, 0.1) is 5.69 Å². The van der Waals surface area contributed by atoms with E-state index in [2.05, 4.69) is 51.6 Å². The van der Waals surface area contributed by atoms with Crippen molar-refractivity contribution in [1.29, 1.82) is 0 Å². The van der Waals surface area contributed by atoms with Gasteiger partial charge in [-0.25, -0.2) is 19.9 Å². The monoisotopic (exact) mass is 400 g/mol. The molecule has 0 unspecified atom stereocenters. The van der Waals surface area contributed by atoms with E-state index in [0.29, 0.717) is 11.3 Å². The summed E-state index contributed by atoms with van der Waals surface area (Å²) in [7, 11) is 0. The maximum atomic E-state index is 5.98. The molecule has 0 bridgehead atoms. The molecule has 3 aromatic rings. The number of nitrogens with two attached hydrogens (primary N) is 1. The van der Waals surface area contributed by atoms with Gasteiger partial charge in [-0.05, 0) is 31.2 Å². The zero-order valence-corrected chi connectivity index (χ0v) is 17.7. The van der Waals surface area contributed by atoms with Gasteiger partial charge in [-0.2, -0.15) is 0 Å². The number of fused-ring (bicyclic) bond motifs is 2. The van der Waals surface area contributed by atoms with Gasteiger partial charge in [0.15, 0.2) is 26.5 Å². The van der Waals surface area contributed by atoms with Gasteiger partial charge in [0.1, 0.15) is 6.33 Å². The highest BCUT2D eigenvalue weighted by molar-refractivity contribution is 8.00. The molecule has 0 atom stereocenters. The SMILES string of the molecule is CC.CCCn1c(Sc2nc3c(s2)CC(C)=CC=C3)nc2c(N)ncnc21. The standard InChI is InChI=1S/C17H18N6S2.C2H6/c1-3-7-23-15-13(14(18)19-9-20-15)22-16(23)25-17-21-11-6-4-5-10(2)8-12(11)24-17;1-2/h4-6,9H,3,7-8H2,1-2H3,(H2,18,19,20);1-2H3. The summed E-state index contributed by atoms with van der Waals surface area (Å²) in [5, 5.41) is 0.865. The third kappa shape index (κ3) is 4.06. The molecule has 27 heavy (non-hydrogen) atoms. The largest absolute Gasteiger partial charge is 0.382 e. The second-order valence-electron chi connectivity index (χ2n) is 5.92. The van der Waals surface area contributed by atoms with Crippen LogP contribution in [0.4, 0.5) is 5.82 Å². The molecule has 0 saturated heterocycles. The van der Waals surface area contributed by atoms with E-state index in [0.717, 1.165) is 40.2 Å². The Labute approximate surface area is 167 Å². The first-order chi connectivity index (χ1) is 13.2. The van der Waals surface area contributed by atoms with E-state index < -0.39 is 0 Å². The Morgan fingerprint density at radius 1 is 1.26 bits per heavy atom. The average molecular weight is 401 g/mol. The van der Waals surface area contributed by atoms with Crippen LogP contribution in [-0.2, 0) is 13.0 Å². The summed E-state index contributed by atoms with van der Waals surface area (Å²) < 4.78 is 3.09. The molecule has 0 fully saturated rings. The van der Waals surface area contributed by atoms with Gasteiger partial charge in [0, 0.05) is 17.8 Å². The van der Waals surface area contributed by atoms with Crippen LogP contribution >= 0.6 is 23.1 Å². The molecule has 0 radical (unpaired) electrons. The lowest BCUT2D eigenvalue weighted by Crippen LogP contribution is -2.00. The smallest absolute Gasteiger partial charge is 0.177 e. The lowest BCUT2D eigenvalue weighted by Gasteiger charge is -2.04. The molecule has 3 heterocycles. The van der Waals surface area contributed by atoms with E-state index in [4.69, 9.17) is 10.7 Å². The van der Waals surface area contributed by atoms with Crippen molar-refractivity contribution < 1.29 is 0 Å². The van der Waals surface area contributed by atoms with Gasteiger partial charge in [-0.15, -0.1) is 11.3 Å². The maximum Gasteiger partial charge on any atom is 0.177 e. The number of aromatic nitrogens is 5. The zero-order chi connectivity index (χ0) is 19.4. The Kier molecular flexibility index (Phi) is 6.28. The Morgan fingerprint density at radius 2 is 2.07 bits per heavy atom. The zero-order valence-electron chi connectivity index (χ0n) is 16.1. The third-order valence-corrected chi connectivity index (χ3v) is 6.06. The molecule has 0 spiro atoms. The first-order valence-corrected chi connectivity index (χ1v) is 10.8. The van der Waals surface area contributed by atoms with Gasteiger partial charge < -0.3 is 10.3 Å². The number of thiazole rings is 1. The quantitative estimate of drug-likeness (QED) is 0.666. The summed E-state index contributed by atoms with van der Waals surface area (Å²) in [6.07, 6.45) is 9.71. The molecule has 0 aromatic carbocycles. The van der Waals surface area contributed by atoms with Crippen LogP contribution in [0.1, 0.15) is 44.7 Å². The molecule has 142 valence electrons. The number of anilines is 1. The molecular formula is C19H24N6S2. The summed E-state index contributed by atoms with van der Waals surface area (Å²) in [6, 6.07) is 0. The first kappa shape index (κ1) is 19.6. The van der Waals surface area contributed by atoms with Crippen molar-refractivity contribution in [3.63, 3.8) is 0 Å². The lowest BCUT2D eigenvalue weighted by molar-refractivity contribution is 0.633. The molecule has 3 aromatic heterocycles. The Morgan fingerprint density at radius 3 is 2.85 bits per heavy atom. The van der Waals surface area contributed by atoms with Crippen molar-refractivity contribution in [2.24, 2.45) is 0 Å². The van der Waals surface area contributed by atoms with E-state index in [1.54, 1.807) is 23.1 Å². The molecule has 0 saturated carbocycles. The van der Waals surface area contributed by atoms with Crippen molar-refractivity contribution in [2.45, 2.75) is 56.6 Å². The summed E-state index contributed by atoms with van der Waals surface area (Å²) >= 11 is 3.30. The lowest BCUT2D eigenvalue weighted by atomic mass is 10.2. The molecule has 0 amide bonds. The fourth-order valence-electron chi connectivity index (χ4n) is 2.77. The van der Waals surface area contributed by atoms with Crippen molar-refractivity contribution in [1.82, 2.24) is 24.5 Å². The van der Waals surface area contributed by atoms with Crippen molar-refractivity contribution in [2.75, 3.05) is 5.73 Å². The van der Waals surface area contributed by atoms with Crippen molar-refractivity contribution in [3.8, 4) is 0 Å². The Hall–Kier alpha value is -2.19. The summed E-state index contributed by atoms with van der Waals surface area (Å²) in [5.74, 6) is 0.417. The number of aryl methyl sites for hydroxylation is 1. The number of nitrogen functional groups attached to an aromatic ring is 1. The summed E-state index contributed by atoms with van der Waals surface area (Å²) in [5.41, 5.74) is 9.82. The minimum absolute atomic E-state index is 0.417. The number of allylic oxidation sites excluding steroid dienone is 3. The molecule has 1 aliphatic carbocycles. The fraction of sp³-hybridized carbons (Fsp3) is 0.368. The van der Waals surface area contributed by atoms with Crippen LogP contribution in [-0.4, -0.2) is 24.5 Å². The second kappa shape index (κ2) is 8.67. The van der Waals surface area contributed by atoms with E-state index in [-0.39, 0.29) is 0 Å². The summed E-state index contributed by atoms with van der Waals surface area (Å²) in [6.45, 7) is 9.12. The van der Waals surface area contributed by atoms with Gasteiger partial charge in [-0.3, -0.25) is 0 Å². The van der Waals surface area contributed by atoms with Gasteiger partial charge in [0.2, 0.25) is 0 Å². The van der Waals surface area contributed by atoms with E-state index in [1.807, 2.05) is 13.8 Å². The van der Waals surface area contributed by atoms with Crippen LogP contribution in [0.3, 0.4) is 0 Å². The molecule has 1 aliphatic rings. The average Bonchev–Trinajstić information content (AvgIpc) is 3.14. The highest BCUT2D eigenvalue weighted by Gasteiger charge is 2.18. The van der Waals surface area contributed by atoms with Crippen LogP contribution in [0.25, 0.3) is 17.2 Å². The van der Waals surface area contributed by atoms with Gasteiger partial charge in [-0.1, -0.05) is 38.5 Å². The Bertz CT molecular complexity index is 999. The number of rotatable bonds is 4. The van der Waals surface area contributed by atoms with Gasteiger partial charge in [0.25, 0.3) is 0 Å². The van der Waals surface area contributed by atoms with Crippen LogP contribution in [0.2, 0.25) is 0 Å². The second-order valence-corrected chi connectivity index (χ2v) is 8.21. The van der Waals surface area contributed by atoms with E-state index >= 15 is 0 Å². The van der Waals surface area contributed by atoms with Crippen LogP contribution in [0.15, 0.2) is 33.5 Å². The molecule has 2 N–H and O–H groups in total. The minimum Gasteiger partial charge on any atom is -0.382 e. The van der Waals surface area contributed by atoms with Crippen LogP contribution in [0.5, 0.6) is 0 Å². The fourth-order valence-corrected chi connectivity index (χ4v) is 5.06.